The Bertz CT molecular complexity index is 775. The van der Waals surface area contributed by atoms with Crippen molar-refractivity contribution in [3.63, 3.8) is 0 Å². The van der Waals surface area contributed by atoms with E-state index in [0.717, 1.165) is 31.7 Å². The minimum atomic E-state index is 0.120. The molecular weight excluding hydrogens is 348 g/mol. The average Bonchev–Trinajstić information content (AvgIpc) is 2.91. The Hall–Kier alpha value is -1.85. The zero-order valence-corrected chi connectivity index (χ0v) is 18.5. The van der Waals surface area contributed by atoms with Crippen molar-refractivity contribution in [2.45, 2.75) is 77.7 Å². The minimum absolute atomic E-state index is 0.120. The Kier molecular flexibility index (Phi) is 5.87. The van der Waals surface area contributed by atoms with E-state index in [0.29, 0.717) is 6.04 Å². The maximum Gasteiger partial charge on any atom is 0.118 e. The molecule has 2 heterocycles. The van der Waals surface area contributed by atoms with Gasteiger partial charge in [0.15, 0.2) is 0 Å². The highest BCUT2D eigenvalue weighted by molar-refractivity contribution is 5.27. The fourth-order valence-electron chi connectivity index (χ4n) is 4.72. The fraction of sp³-hybridized carbons (Fsp3) is 0.609. The molecule has 0 amide bonds. The number of hydrogen-bond acceptors (Lipinski definition) is 4. The number of nitrogens with one attached hydrogen (secondary N) is 1. The van der Waals surface area contributed by atoms with Crippen molar-refractivity contribution < 1.29 is 4.74 Å². The van der Waals surface area contributed by atoms with Gasteiger partial charge in [-0.25, -0.2) is 0 Å². The number of piperidine rings is 1. The molecule has 28 heavy (non-hydrogen) atoms. The third-order valence-electron chi connectivity index (χ3n) is 5.94. The Balaban J connectivity index is 1.87. The highest BCUT2D eigenvalue weighted by atomic mass is 16.5. The molecule has 1 fully saturated rings. The molecule has 0 unspecified atom stereocenters. The molecule has 0 saturated carbocycles. The van der Waals surface area contributed by atoms with Gasteiger partial charge in [-0.05, 0) is 65.2 Å². The second-order valence-electron chi connectivity index (χ2n) is 9.59. The Morgan fingerprint density at radius 1 is 1.11 bits per heavy atom. The van der Waals surface area contributed by atoms with E-state index >= 15 is 0 Å². The molecule has 5 heteroatoms. The molecule has 0 spiro atoms. The van der Waals surface area contributed by atoms with Crippen molar-refractivity contribution in [1.82, 2.24) is 20.0 Å². The van der Waals surface area contributed by atoms with Crippen molar-refractivity contribution in [3.05, 3.63) is 47.3 Å². The molecule has 1 saturated heterocycles. The number of rotatable bonds is 6. The zero-order valence-electron chi connectivity index (χ0n) is 18.5. The monoisotopic (exact) mass is 384 g/mol. The first-order valence-electron chi connectivity index (χ1n) is 10.2. The third kappa shape index (κ3) is 4.95. The smallest absolute Gasteiger partial charge is 0.118 e. The van der Waals surface area contributed by atoms with Gasteiger partial charge in [-0.3, -0.25) is 9.58 Å². The first kappa shape index (κ1) is 20.9. The summed E-state index contributed by atoms with van der Waals surface area (Å²) in [5.41, 5.74) is 4.11. The predicted molar refractivity (Wildman–Crippen MR) is 115 cm³/mol. The van der Waals surface area contributed by atoms with Crippen LogP contribution >= 0.6 is 0 Å². The van der Waals surface area contributed by atoms with Crippen molar-refractivity contribution in [1.29, 1.82) is 0 Å². The fourth-order valence-corrected chi connectivity index (χ4v) is 4.72. The minimum Gasteiger partial charge on any atom is -0.497 e. The number of methoxy groups -OCH3 is 1. The lowest BCUT2D eigenvalue weighted by Crippen LogP contribution is -2.62. The van der Waals surface area contributed by atoms with Crippen LogP contribution in [-0.2, 0) is 20.1 Å². The average molecular weight is 385 g/mol. The van der Waals surface area contributed by atoms with Gasteiger partial charge in [0.1, 0.15) is 5.75 Å². The van der Waals surface area contributed by atoms with Crippen LogP contribution in [0.1, 0.15) is 57.4 Å². The number of hydrogen-bond donors (Lipinski definition) is 1. The highest BCUT2D eigenvalue weighted by Crippen LogP contribution is 2.33. The van der Waals surface area contributed by atoms with Gasteiger partial charge in [0, 0.05) is 48.5 Å². The molecule has 3 rings (SSSR count). The summed E-state index contributed by atoms with van der Waals surface area (Å²) in [5.74, 6) is 0.905. The first-order chi connectivity index (χ1) is 13.1. The van der Waals surface area contributed by atoms with Crippen LogP contribution in [0, 0.1) is 6.92 Å². The summed E-state index contributed by atoms with van der Waals surface area (Å²) in [6, 6.07) is 8.98. The van der Waals surface area contributed by atoms with Crippen LogP contribution in [0.5, 0.6) is 5.75 Å². The van der Waals surface area contributed by atoms with Gasteiger partial charge in [0.25, 0.3) is 0 Å². The van der Waals surface area contributed by atoms with Crippen molar-refractivity contribution in [3.8, 4) is 5.75 Å². The second kappa shape index (κ2) is 7.88. The summed E-state index contributed by atoms with van der Waals surface area (Å²) in [5, 5.41) is 8.28. The molecule has 2 aromatic rings. The lowest BCUT2D eigenvalue weighted by atomic mass is 9.78. The molecular formula is C23H36N4O. The topological polar surface area (TPSA) is 42.3 Å². The lowest BCUT2D eigenvalue weighted by molar-refractivity contribution is 0.0562. The first-order valence-corrected chi connectivity index (χ1v) is 10.2. The number of benzene rings is 1. The SMILES string of the molecule is COc1ccc(CN(Cc2cnn(C)c2C)C2CC(C)(C)NC(C)(C)C2)cc1. The van der Waals surface area contributed by atoms with Crippen LogP contribution in [-0.4, -0.2) is 38.9 Å². The van der Waals surface area contributed by atoms with E-state index in [-0.39, 0.29) is 11.1 Å². The normalized spacial score (nSPS) is 19.1. The van der Waals surface area contributed by atoms with Crippen LogP contribution in [0.2, 0.25) is 0 Å². The molecule has 0 aliphatic carbocycles. The van der Waals surface area contributed by atoms with Crippen LogP contribution in [0.15, 0.2) is 30.5 Å². The summed E-state index contributed by atoms with van der Waals surface area (Å²) < 4.78 is 7.30. The number of nitrogens with zero attached hydrogens (tertiary/aromatic N) is 3. The van der Waals surface area contributed by atoms with Gasteiger partial charge in [-0.15, -0.1) is 0 Å². The largest absolute Gasteiger partial charge is 0.497 e. The van der Waals surface area contributed by atoms with E-state index in [4.69, 9.17) is 4.74 Å². The van der Waals surface area contributed by atoms with Gasteiger partial charge in [-0.1, -0.05) is 12.1 Å². The summed E-state index contributed by atoms with van der Waals surface area (Å²) in [6.07, 6.45) is 4.28. The van der Waals surface area contributed by atoms with Gasteiger partial charge >= 0.3 is 0 Å². The quantitative estimate of drug-likeness (QED) is 0.816. The summed E-state index contributed by atoms with van der Waals surface area (Å²) in [4.78, 5) is 2.64. The molecule has 0 atom stereocenters. The van der Waals surface area contributed by atoms with Gasteiger partial charge < -0.3 is 10.1 Å². The van der Waals surface area contributed by atoms with Crippen LogP contribution in [0.25, 0.3) is 0 Å². The summed E-state index contributed by atoms with van der Waals surface area (Å²) >= 11 is 0. The Labute approximate surface area is 170 Å². The van der Waals surface area contributed by atoms with Crippen molar-refractivity contribution >= 4 is 0 Å². The predicted octanol–water partition coefficient (Wildman–Crippen LogP) is 4.05. The van der Waals surface area contributed by atoms with E-state index in [9.17, 15) is 0 Å². The molecule has 1 aliphatic heterocycles. The van der Waals surface area contributed by atoms with Crippen LogP contribution < -0.4 is 10.1 Å². The number of aromatic nitrogens is 2. The molecule has 1 aliphatic rings. The number of aryl methyl sites for hydroxylation is 1. The standard InChI is InChI=1S/C23H36N4O/c1-17-19(14-24-26(17)6)16-27(15-18-8-10-21(28-7)11-9-18)20-12-22(2,3)25-23(4,5)13-20/h8-11,14,20,25H,12-13,15-16H2,1-7H3. The van der Waals surface area contributed by atoms with Gasteiger partial charge in [-0.2, -0.15) is 5.10 Å². The highest BCUT2D eigenvalue weighted by Gasteiger charge is 2.40. The van der Waals surface area contributed by atoms with Gasteiger partial charge in [0.05, 0.1) is 13.3 Å². The third-order valence-corrected chi connectivity index (χ3v) is 5.94. The van der Waals surface area contributed by atoms with E-state index in [1.54, 1.807) is 7.11 Å². The van der Waals surface area contributed by atoms with Crippen molar-refractivity contribution in [2.24, 2.45) is 7.05 Å². The van der Waals surface area contributed by atoms with E-state index in [1.807, 2.05) is 17.9 Å². The summed E-state index contributed by atoms with van der Waals surface area (Å²) in [7, 11) is 3.73. The Morgan fingerprint density at radius 2 is 1.71 bits per heavy atom. The Morgan fingerprint density at radius 3 is 2.21 bits per heavy atom. The molecule has 0 radical (unpaired) electrons. The zero-order chi connectivity index (χ0) is 20.5. The molecule has 5 nitrogen and oxygen atoms in total. The second-order valence-corrected chi connectivity index (χ2v) is 9.59. The molecule has 1 aromatic carbocycles. The van der Waals surface area contributed by atoms with E-state index in [2.05, 4.69) is 74.2 Å². The molecule has 1 aromatic heterocycles. The van der Waals surface area contributed by atoms with Crippen molar-refractivity contribution in [2.75, 3.05) is 7.11 Å². The molecule has 0 bridgehead atoms. The van der Waals surface area contributed by atoms with Crippen LogP contribution in [0.4, 0.5) is 0 Å². The maximum absolute atomic E-state index is 5.33. The van der Waals surface area contributed by atoms with Gasteiger partial charge in [0.2, 0.25) is 0 Å². The van der Waals surface area contributed by atoms with E-state index < -0.39 is 0 Å². The summed E-state index contributed by atoms with van der Waals surface area (Å²) in [6.45, 7) is 13.3. The van der Waals surface area contributed by atoms with E-state index in [1.165, 1.54) is 16.8 Å². The molecule has 154 valence electrons. The van der Waals surface area contributed by atoms with Crippen LogP contribution in [0.3, 0.4) is 0 Å². The number of ether oxygens (including phenoxy) is 1. The maximum atomic E-state index is 5.33. The molecule has 1 N–H and O–H groups in total. The lowest BCUT2D eigenvalue weighted by Gasteiger charge is -2.49.